The van der Waals surface area contributed by atoms with Crippen molar-refractivity contribution in [1.82, 2.24) is 10.2 Å². The second-order valence-corrected chi connectivity index (χ2v) is 5.71. The molecule has 1 heterocycles. The van der Waals surface area contributed by atoms with Gasteiger partial charge in [-0.3, -0.25) is 0 Å². The second-order valence-electron chi connectivity index (χ2n) is 4.31. The molecule has 1 aliphatic rings. The number of thioether (sulfide) groups is 1. The van der Waals surface area contributed by atoms with E-state index >= 15 is 0 Å². The highest BCUT2D eigenvalue weighted by molar-refractivity contribution is 8.00. The van der Waals surface area contributed by atoms with Gasteiger partial charge in [0.2, 0.25) is 0 Å². The van der Waals surface area contributed by atoms with Crippen molar-refractivity contribution >= 4 is 11.8 Å². The number of rotatable bonds is 7. The fourth-order valence-corrected chi connectivity index (χ4v) is 3.21. The summed E-state index contributed by atoms with van der Waals surface area (Å²) in [4.78, 5) is 2.64. The van der Waals surface area contributed by atoms with Crippen molar-refractivity contribution in [3.8, 4) is 0 Å². The van der Waals surface area contributed by atoms with Gasteiger partial charge < -0.3 is 10.2 Å². The van der Waals surface area contributed by atoms with Crippen LogP contribution in [0.4, 0.5) is 0 Å². The fourth-order valence-electron chi connectivity index (χ4n) is 1.96. The summed E-state index contributed by atoms with van der Waals surface area (Å²) in [6, 6.07) is 0. The number of nitrogens with one attached hydrogen (secondary N) is 1. The summed E-state index contributed by atoms with van der Waals surface area (Å²) in [6.45, 7) is 10.8. The molecule has 0 radical (unpaired) electrons. The highest BCUT2D eigenvalue weighted by Crippen LogP contribution is 2.20. The van der Waals surface area contributed by atoms with Crippen LogP contribution in [0.5, 0.6) is 0 Å². The maximum Gasteiger partial charge on any atom is 0.0172 e. The highest BCUT2D eigenvalue weighted by Gasteiger charge is 2.17. The number of hydrogen-bond acceptors (Lipinski definition) is 3. The monoisotopic (exact) mass is 230 g/mol. The van der Waals surface area contributed by atoms with Crippen molar-refractivity contribution in [3.05, 3.63) is 0 Å². The van der Waals surface area contributed by atoms with Crippen LogP contribution in [0.25, 0.3) is 0 Å². The average Bonchev–Trinajstić information content (AvgIpc) is 2.29. The lowest BCUT2D eigenvalue weighted by Crippen LogP contribution is -2.38. The third-order valence-electron chi connectivity index (χ3n) is 2.93. The van der Waals surface area contributed by atoms with Crippen LogP contribution in [-0.4, -0.2) is 48.6 Å². The minimum Gasteiger partial charge on any atom is -0.317 e. The lowest BCUT2D eigenvalue weighted by molar-refractivity contribution is 0.276. The van der Waals surface area contributed by atoms with Gasteiger partial charge in [-0.2, -0.15) is 11.8 Å². The first-order chi connectivity index (χ1) is 7.36. The molecule has 1 rings (SSSR count). The first-order valence-corrected chi connectivity index (χ1v) is 7.46. The van der Waals surface area contributed by atoms with Gasteiger partial charge >= 0.3 is 0 Å². The van der Waals surface area contributed by atoms with Gasteiger partial charge in [0, 0.05) is 24.1 Å². The Morgan fingerprint density at radius 1 is 1.33 bits per heavy atom. The first-order valence-electron chi connectivity index (χ1n) is 6.41. The molecule has 15 heavy (non-hydrogen) atoms. The Hall–Kier alpha value is 0.270. The third kappa shape index (κ3) is 5.79. The maximum atomic E-state index is 3.47. The van der Waals surface area contributed by atoms with Crippen molar-refractivity contribution in [2.24, 2.45) is 0 Å². The third-order valence-corrected chi connectivity index (χ3v) is 4.31. The van der Waals surface area contributed by atoms with Gasteiger partial charge in [-0.05, 0) is 38.9 Å². The Bertz CT molecular complexity index is 153. The SMILES string of the molecule is CCCNCCCN1CCSC(CC)C1. The van der Waals surface area contributed by atoms with Crippen molar-refractivity contribution < 1.29 is 0 Å². The molecule has 1 unspecified atom stereocenters. The molecule has 0 amide bonds. The first kappa shape index (κ1) is 13.3. The molecule has 2 nitrogen and oxygen atoms in total. The quantitative estimate of drug-likeness (QED) is 0.675. The summed E-state index contributed by atoms with van der Waals surface area (Å²) in [6.07, 6.45) is 3.88. The Kier molecular flexibility index (Phi) is 7.49. The molecule has 0 aromatic heterocycles. The lowest BCUT2D eigenvalue weighted by atomic mass is 10.2. The summed E-state index contributed by atoms with van der Waals surface area (Å²) in [5.41, 5.74) is 0. The van der Waals surface area contributed by atoms with Gasteiger partial charge in [0.05, 0.1) is 0 Å². The van der Waals surface area contributed by atoms with E-state index in [0.717, 1.165) is 5.25 Å². The molecule has 0 bridgehead atoms. The molecule has 0 aromatic carbocycles. The molecule has 90 valence electrons. The summed E-state index contributed by atoms with van der Waals surface area (Å²) >= 11 is 2.16. The molecule has 1 saturated heterocycles. The summed E-state index contributed by atoms with van der Waals surface area (Å²) in [5, 5.41) is 4.36. The lowest BCUT2D eigenvalue weighted by Gasteiger charge is -2.31. The van der Waals surface area contributed by atoms with Crippen LogP contribution in [0.2, 0.25) is 0 Å². The summed E-state index contributed by atoms with van der Waals surface area (Å²) in [7, 11) is 0. The largest absolute Gasteiger partial charge is 0.317 e. The Labute approximate surface area is 99.2 Å². The van der Waals surface area contributed by atoms with Crippen LogP contribution in [0.15, 0.2) is 0 Å². The zero-order valence-corrected chi connectivity index (χ0v) is 11.1. The van der Waals surface area contributed by atoms with Crippen molar-refractivity contribution in [3.63, 3.8) is 0 Å². The molecular formula is C12H26N2S. The molecule has 1 fully saturated rings. The molecule has 1 N–H and O–H groups in total. The van der Waals surface area contributed by atoms with E-state index in [1.807, 2.05) is 0 Å². The maximum absolute atomic E-state index is 3.47. The molecule has 0 aromatic rings. The molecule has 1 aliphatic heterocycles. The van der Waals surface area contributed by atoms with E-state index in [-0.39, 0.29) is 0 Å². The molecule has 0 saturated carbocycles. The Balaban J connectivity index is 2.00. The van der Waals surface area contributed by atoms with Gasteiger partial charge in [0.25, 0.3) is 0 Å². The van der Waals surface area contributed by atoms with Crippen molar-refractivity contribution in [2.75, 3.05) is 38.5 Å². The van der Waals surface area contributed by atoms with Crippen LogP contribution in [0, 0.1) is 0 Å². The summed E-state index contributed by atoms with van der Waals surface area (Å²) < 4.78 is 0. The van der Waals surface area contributed by atoms with E-state index in [4.69, 9.17) is 0 Å². The Morgan fingerprint density at radius 3 is 2.93 bits per heavy atom. The smallest absolute Gasteiger partial charge is 0.0172 e. The van der Waals surface area contributed by atoms with Gasteiger partial charge in [0.15, 0.2) is 0 Å². The predicted octanol–water partition coefficient (Wildman–Crippen LogP) is 2.20. The topological polar surface area (TPSA) is 15.3 Å². The van der Waals surface area contributed by atoms with Gasteiger partial charge in [0.1, 0.15) is 0 Å². The molecule has 0 spiro atoms. The van der Waals surface area contributed by atoms with Crippen molar-refractivity contribution in [2.45, 2.75) is 38.4 Å². The van der Waals surface area contributed by atoms with Crippen LogP contribution < -0.4 is 5.32 Å². The van der Waals surface area contributed by atoms with Gasteiger partial charge in [-0.1, -0.05) is 13.8 Å². The molecular weight excluding hydrogens is 204 g/mol. The fraction of sp³-hybridized carbons (Fsp3) is 1.00. The van der Waals surface area contributed by atoms with Crippen LogP contribution in [-0.2, 0) is 0 Å². The van der Waals surface area contributed by atoms with Crippen molar-refractivity contribution in [1.29, 1.82) is 0 Å². The van der Waals surface area contributed by atoms with E-state index in [1.54, 1.807) is 0 Å². The van der Waals surface area contributed by atoms with E-state index in [2.05, 4.69) is 35.8 Å². The normalized spacial score (nSPS) is 23.2. The van der Waals surface area contributed by atoms with E-state index in [9.17, 15) is 0 Å². The molecule has 3 heteroatoms. The molecule has 0 aliphatic carbocycles. The van der Waals surface area contributed by atoms with Gasteiger partial charge in [-0.25, -0.2) is 0 Å². The average molecular weight is 230 g/mol. The van der Waals surface area contributed by atoms with E-state index < -0.39 is 0 Å². The summed E-state index contributed by atoms with van der Waals surface area (Å²) in [5.74, 6) is 1.33. The predicted molar refractivity (Wildman–Crippen MR) is 70.8 cm³/mol. The minimum absolute atomic E-state index is 0.891. The Morgan fingerprint density at radius 2 is 2.20 bits per heavy atom. The van der Waals surface area contributed by atoms with Gasteiger partial charge in [-0.15, -0.1) is 0 Å². The van der Waals surface area contributed by atoms with Crippen LogP contribution in [0.3, 0.4) is 0 Å². The number of hydrogen-bond donors (Lipinski definition) is 1. The van der Waals surface area contributed by atoms with E-state index in [1.165, 1.54) is 57.7 Å². The minimum atomic E-state index is 0.891. The van der Waals surface area contributed by atoms with E-state index in [0.29, 0.717) is 0 Å². The second kappa shape index (κ2) is 8.43. The molecule has 1 atom stereocenters. The highest BCUT2D eigenvalue weighted by atomic mass is 32.2. The zero-order valence-electron chi connectivity index (χ0n) is 10.3. The van der Waals surface area contributed by atoms with Crippen LogP contribution in [0.1, 0.15) is 33.1 Å². The van der Waals surface area contributed by atoms with Crippen LogP contribution >= 0.6 is 11.8 Å². The number of nitrogens with zero attached hydrogens (tertiary/aromatic N) is 1. The zero-order chi connectivity index (χ0) is 10.9. The standard InChI is InChI=1S/C12H26N2S/c1-3-6-13-7-5-8-14-9-10-15-12(4-2)11-14/h12-13H,3-11H2,1-2H3.